The number of rotatable bonds is 4. The molecule has 0 saturated carbocycles. The van der Waals surface area contributed by atoms with E-state index in [4.69, 9.17) is 10.2 Å². The Labute approximate surface area is 92.4 Å². The number of carbonyl (C=O) groups is 2. The predicted molar refractivity (Wildman–Crippen MR) is 53.4 cm³/mol. The Bertz CT molecular complexity index is 389. The lowest BCUT2D eigenvalue weighted by Gasteiger charge is -2.14. The SMILES string of the molecule is O=C(N[C@@H](CO)C(=O)O)C1CCS(=O)(=O)C1. The standard InChI is InChI=1S/C8H13NO6S/c10-3-6(8(12)13)9-7(11)5-1-2-16(14,15)4-5/h5-6,10H,1-4H2,(H,9,11)(H,12,13)/t5?,6-/m0/s1. The van der Waals surface area contributed by atoms with Crippen LogP contribution in [0.15, 0.2) is 0 Å². The zero-order valence-corrected chi connectivity index (χ0v) is 9.24. The van der Waals surface area contributed by atoms with E-state index in [2.05, 4.69) is 5.32 Å². The Balaban J connectivity index is 2.57. The molecule has 1 aliphatic heterocycles. The van der Waals surface area contributed by atoms with Crippen LogP contribution in [0, 0.1) is 5.92 Å². The van der Waals surface area contributed by atoms with Gasteiger partial charge in [0, 0.05) is 0 Å². The van der Waals surface area contributed by atoms with E-state index in [0.717, 1.165) is 0 Å². The number of nitrogens with one attached hydrogen (secondary N) is 1. The summed E-state index contributed by atoms with van der Waals surface area (Å²) < 4.78 is 22.2. The van der Waals surface area contributed by atoms with E-state index in [0.29, 0.717) is 0 Å². The number of carboxylic acids is 1. The molecule has 1 heterocycles. The van der Waals surface area contributed by atoms with Crippen LogP contribution < -0.4 is 5.32 Å². The summed E-state index contributed by atoms with van der Waals surface area (Å²) in [5.74, 6) is -3.00. The highest BCUT2D eigenvalue weighted by atomic mass is 32.2. The molecule has 0 aromatic carbocycles. The second-order valence-corrected chi connectivity index (χ2v) is 5.91. The average Bonchev–Trinajstić information content (AvgIpc) is 2.54. The van der Waals surface area contributed by atoms with Crippen LogP contribution in [0.1, 0.15) is 6.42 Å². The van der Waals surface area contributed by atoms with Gasteiger partial charge in [0.2, 0.25) is 5.91 Å². The predicted octanol–water partition coefficient (Wildman–Crippen LogP) is -2.02. The summed E-state index contributed by atoms with van der Waals surface area (Å²) in [5, 5.41) is 19.3. The summed E-state index contributed by atoms with van der Waals surface area (Å²) >= 11 is 0. The number of amides is 1. The first kappa shape index (κ1) is 12.9. The average molecular weight is 251 g/mol. The molecule has 1 amide bonds. The maximum absolute atomic E-state index is 11.5. The molecular weight excluding hydrogens is 238 g/mol. The number of hydrogen-bond acceptors (Lipinski definition) is 5. The van der Waals surface area contributed by atoms with Crippen molar-refractivity contribution in [3.05, 3.63) is 0 Å². The highest BCUT2D eigenvalue weighted by Crippen LogP contribution is 2.18. The molecular formula is C8H13NO6S. The molecule has 1 rings (SSSR count). The second-order valence-electron chi connectivity index (χ2n) is 3.68. The van der Waals surface area contributed by atoms with Crippen LogP contribution in [-0.4, -0.2) is 54.7 Å². The lowest BCUT2D eigenvalue weighted by molar-refractivity contribution is -0.143. The number of aliphatic hydroxyl groups is 1. The van der Waals surface area contributed by atoms with E-state index < -0.39 is 40.3 Å². The van der Waals surface area contributed by atoms with Gasteiger partial charge in [-0.3, -0.25) is 4.79 Å². The molecule has 0 bridgehead atoms. The van der Waals surface area contributed by atoms with Crippen molar-refractivity contribution in [1.29, 1.82) is 0 Å². The van der Waals surface area contributed by atoms with E-state index in [9.17, 15) is 18.0 Å². The Morgan fingerprint density at radius 1 is 1.44 bits per heavy atom. The first-order valence-electron chi connectivity index (χ1n) is 4.70. The molecule has 7 nitrogen and oxygen atoms in total. The van der Waals surface area contributed by atoms with E-state index in [1.807, 2.05) is 0 Å². The second kappa shape index (κ2) is 4.79. The summed E-state index contributed by atoms with van der Waals surface area (Å²) in [6.07, 6.45) is 0.200. The van der Waals surface area contributed by atoms with Crippen molar-refractivity contribution in [2.75, 3.05) is 18.1 Å². The molecule has 92 valence electrons. The van der Waals surface area contributed by atoms with E-state index >= 15 is 0 Å². The molecule has 16 heavy (non-hydrogen) atoms. The summed E-state index contributed by atoms with van der Waals surface area (Å²) in [4.78, 5) is 22.0. The van der Waals surface area contributed by atoms with E-state index in [1.54, 1.807) is 0 Å². The minimum Gasteiger partial charge on any atom is -0.480 e. The number of carboxylic acid groups (broad SMARTS) is 1. The van der Waals surface area contributed by atoms with Crippen LogP contribution >= 0.6 is 0 Å². The van der Waals surface area contributed by atoms with Crippen LogP contribution in [0.4, 0.5) is 0 Å². The summed E-state index contributed by atoms with van der Waals surface area (Å²) in [6.45, 7) is -0.722. The molecule has 0 radical (unpaired) electrons. The van der Waals surface area contributed by atoms with Crippen LogP contribution in [0.3, 0.4) is 0 Å². The van der Waals surface area contributed by atoms with Crippen LogP contribution in [0.25, 0.3) is 0 Å². The van der Waals surface area contributed by atoms with Gasteiger partial charge in [0.15, 0.2) is 9.84 Å². The molecule has 1 unspecified atom stereocenters. The molecule has 2 atom stereocenters. The van der Waals surface area contributed by atoms with Gasteiger partial charge in [0.1, 0.15) is 6.04 Å². The Morgan fingerprint density at radius 3 is 2.44 bits per heavy atom. The molecule has 1 saturated heterocycles. The molecule has 1 fully saturated rings. The number of aliphatic hydroxyl groups excluding tert-OH is 1. The topological polar surface area (TPSA) is 121 Å². The number of hydrogen-bond donors (Lipinski definition) is 3. The maximum atomic E-state index is 11.5. The van der Waals surface area contributed by atoms with Gasteiger partial charge < -0.3 is 15.5 Å². The number of sulfone groups is 1. The van der Waals surface area contributed by atoms with E-state index in [1.165, 1.54) is 0 Å². The van der Waals surface area contributed by atoms with Gasteiger partial charge in [0.05, 0.1) is 24.0 Å². The van der Waals surface area contributed by atoms with Crippen molar-refractivity contribution >= 4 is 21.7 Å². The van der Waals surface area contributed by atoms with Crippen molar-refractivity contribution < 1.29 is 28.2 Å². The monoisotopic (exact) mass is 251 g/mol. The quantitative estimate of drug-likeness (QED) is 0.530. The highest BCUT2D eigenvalue weighted by molar-refractivity contribution is 7.91. The summed E-state index contributed by atoms with van der Waals surface area (Å²) in [6, 6.07) is -1.38. The third kappa shape index (κ3) is 3.17. The van der Waals surface area contributed by atoms with Gasteiger partial charge >= 0.3 is 5.97 Å². The van der Waals surface area contributed by atoms with E-state index in [-0.39, 0.29) is 17.9 Å². The maximum Gasteiger partial charge on any atom is 0.328 e. The normalized spacial score (nSPS) is 24.9. The third-order valence-corrected chi connectivity index (χ3v) is 4.17. The van der Waals surface area contributed by atoms with Crippen molar-refractivity contribution in [3.63, 3.8) is 0 Å². The van der Waals surface area contributed by atoms with Gasteiger partial charge in [-0.2, -0.15) is 0 Å². The summed E-state index contributed by atoms with van der Waals surface area (Å²) in [5.41, 5.74) is 0. The molecule has 8 heteroatoms. The first-order valence-corrected chi connectivity index (χ1v) is 6.52. The fraction of sp³-hybridized carbons (Fsp3) is 0.750. The molecule has 1 aliphatic rings. The van der Waals surface area contributed by atoms with Crippen molar-refractivity contribution in [1.82, 2.24) is 5.32 Å². The van der Waals surface area contributed by atoms with Crippen LogP contribution in [0.5, 0.6) is 0 Å². The van der Waals surface area contributed by atoms with Gasteiger partial charge in [-0.25, -0.2) is 13.2 Å². The molecule has 0 spiro atoms. The minimum absolute atomic E-state index is 0.0536. The lowest BCUT2D eigenvalue weighted by Crippen LogP contribution is -2.46. The van der Waals surface area contributed by atoms with Gasteiger partial charge in [-0.15, -0.1) is 0 Å². The largest absolute Gasteiger partial charge is 0.480 e. The highest BCUT2D eigenvalue weighted by Gasteiger charge is 2.34. The zero-order chi connectivity index (χ0) is 12.3. The molecule has 0 aromatic heterocycles. The fourth-order valence-electron chi connectivity index (χ4n) is 1.48. The molecule has 0 aliphatic carbocycles. The Morgan fingerprint density at radius 2 is 2.06 bits per heavy atom. The fourth-order valence-corrected chi connectivity index (χ4v) is 3.22. The van der Waals surface area contributed by atoms with Gasteiger partial charge in [-0.1, -0.05) is 0 Å². The molecule has 3 N–H and O–H groups in total. The van der Waals surface area contributed by atoms with Crippen molar-refractivity contribution in [3.8, 4) is 0 Å². The van der Waals surface area contributed by atoms with Crippen LogP contribution in [0.2, 0.25) is 0 Å². The lowest BCUT2D eigenvalue weighted by atomic mass is 10.1. The molecule has 0 aromatic rings. The summed E-state index contributed by atoms with van der Waals surface area (Å²) in [7, 11) is -3.17. The number of carbonyl (C=O) groups excluding carboxylic acids is 1. The number of aliphatic carboxylic acids is 1. The zero-order valence-electron chi connectivity index (χ0n) is 8.42. The van der Waals surface area contributed by atoms with Crippen molar-refractivity contribution in [2.45, 2.75) is 12.5 Å². The van der Waals surface area contributed by atoms with Gasteiger partial charge in [-0.05, 0) is 6.42 Å². The first-order chi connectivity index (χ1) is 7.35. The van der Waals surface area contributed by atoms with Crippen molar-refractivity contribution in [2.24, 2.45) is 5.92 Å². The van der Waals surface area contributed by atoms with Crippen LogP contribution in [-0.2, 0) is 19.4 Å². The minimum atomic E-state index is -3.17. The third-order valence-electron chi connectivity index (χ3n) is 2.40. The van der Waals surface area contributed by atoms with Gasteiger partial charge in [0.25, 0.3) is 0 Å². The smallest absolute Gasteiger partial charge is 0.328 e. The Kier molecular flexibility index (Phi) is 3.87. The Hall–Kier alpha value is -1.15.